The van der Waals surface area contributed by atoms with Crippen LogP contribution in [-0.4, -0.2) is 52.7 Å². The molecular formula is C19H25N3O4. The molecule has 0 unspecified atom stereocenters. The van der Waals surface area contributed by atoms with Crippen molar-refractivity contribution in [3.05, 3.63) is 39.9 Å². The molecule has 1 aromatic carbocycles. The Morgan fingerprint density at radius 3 is 2.04 bits per heavy atom. The molecule has 0 N–H and O–H groups in total. The van der Waals surface area contributed by atoms with E-state index in [1.165, 1.54) is 24.3 Å². The van der Waals surface area contributed by atoms with Crippen LogP contribution in [0.4, 0.5) is 5.69 Å². The number of piperidine rings is 2. The van der Waals surface area contributed by atoms with E-state index in [-0.39, 0.29) is 23.4 Å². The molecule has 2 amide bonds. The largest absolute Gasteiger partial charge is 0.342 e. The predicted molar refractivity (Wildman–Crippen MR) is 96.7 cm³/mol. The van der Waals surface area contributed by atoms with Crippen LogP contribution < -0.4 is 0 Å². The Kier molecular flexibility index (Phi) is 5.54. The summed E-state index contributed by atoms with van der Waals surface area (Å²) in [5.74, 6) is 0.807. The van der Waals surface area contributed by atoms with Crippen molar-refractivity contribution in [2.24, 2.45) is 11.8 Å². The zero-order chi connectivity index (χ0) is 18.7. The first-order valence-electron chi connectivity index (χ1n) is 9.28. The molecule has 26 heavy (non-hydrogen) atoms. The van der Waals surface area contributed by atoms with Gasteiger partial charge in [-0.25, -0.2) is 0 Å². The summed E-state index contributed by atoms with van der Waals surface area (Å²) < 4.78 is 0. The molecule has 0 bridgehead atoms. The van der Waals surface area contributed by atoms with E-state index >= 15 is 0 Å². The van der Waals surface area contributed by atoms with Gasteiger partial charge in [-0.1, -0.05) is 6.92 Å². The number of nitrogens with zero attached hydrogens (tertiary/aromatic N) is 3. The lowest BCUT2D eigenvalue weighted by atomic mass is 9.92. The Bertz CT molecular complexity index is 673. The van der Waals surface area contributed by atoms with Gasteiger partial charge >= 0.3 is 0 Å². The molecule has 140 valence electrons. The van der Waals surface area contributed by atoms with E-state index in [1.807, 2.05) is 4.90 Å². The lowest BCUT2D eigenvalue weighted by Crippen LogP contribution is -2.46. The third-order valence-corrected chi connectivity index (χ3v) is 5.55. The second-order valence-electron chi connectivity index (χ2n) is 7.38. The van der Waals surface area contributed by atoms with Gasteiger partial charge in [0.05, 0.1) is 4.92 Å². The van der Waals surface area contributed by atoms with Gasteiger partial charge in [0.1, 0.15) is 0 Å². The maximum absolute atomic E-state index is 12.7. The molecule has 0 radical (unpaired) electrons. The van der Waals surface area contributed by atoms with Crippen molar-refractivity contribution in [2.75, 3.05) is 26.2 Å². The molecule has 2 fully saturated rings. The molecule has 2 aliphatic rings. The molecule has 2 saturated heterocycles. The first-order chi connectivity index (χ1) is 12.5. The minimum atomic E-state index is -0.479. The second kappa shape index (κ2) is 7.85. The van der Waals surface area contributed by atoms with E-state index < -0.39 is 4.92 Å². The van der Waals surface area contributed by atoms with Crippen LogP contribution in [0.5, 0.6) is 0 Å². The summed E-state index contributed by atoms with van der Waals surface area (Å²) in [4.78, 5) is 39.2. The first kappa shape index (κ1) is 18.4. The predicted octanol–water partition coefficient (Wildman–Crippen LogP) is 2.71. The van der Waals surface area contributed by atoms with Crippen LogP contribution in [0.3, 0.4) is 0 Å². The van der Waals surface area contributed by atoms with Gasteiger partial charge < -0.3 is 9.80 Å². The average Bonchev–Trinajstić information content (AvgIpc) is 2.67. The number of likely N-dealkylation sites (tertiary alicyclic amines) is 2. The van der Waals surface area contributed by atoms with Gasteiger partial charge in [-0.3, -0.25) is 19.7 Å². The topological polar surface area (TPSA) is 83.8 Å². The number of rotatable bonds is 3. The van der Waals surface area contributed by atoms with E-state index in [4.69, 9.17) is 0 Å². The van der Waals surface area contributed by atoms with Crippen LogP contribution in [-0.2, 0) is 4.79 Å². The SMILES string of the molecule is CC1CCN(C(=O)C2CCN(C(=O)c3ccc([N+](=O)[O-])cc3)CC2)CC1. The number of hydrogen-bond acceptors (Lipinski definition) is 4. The van der Waals surface area contributed by atoms with Gasteiger partial charge in [-0.05, 0) is 43.7 Å². The third kappa shape index (κ3) is 4.03. The molecule has 0 saturated carbocycles. The monoisotopic (exact) mass is 359 g/mol. The standard InChI is InChI=1S/C19H25N3O4/c1-14-6-10-20(11-7-14)19(24)16-8-12-21(13-9-16)18(23)15-2-4-17(5-3-15)22(25)26/h2-5,14,16H,6-13H2,1H3. The Labute approximate surface area is 153 Å². The molecule has 3 rings (SSSR count). The van der Waals surface area contributed by atoms with Crippen LogP contribution >= 0.6 is 0 Å². The number of carbonyl (C=O) groups excluding carboxylic acids is 2. The van der Waals surface area contributed by atoms with Gasteiger partial charge in [0.15, 0.2) is 0 Å². The van der Waals surface area contributed by atoms with Crippen molar-refractivity contribution in [3.8, 4) is 0 Å². The summed E-state index contributed by atoms with van der Waals surface area (Å²) in [6, 6.07) is 5.68. The Hall–Kier alpha value is -2.44. The van der Waals surface area contributed by atoms with Gasteiger partial charge in [-0.2, -0.15) is 0 Å². The fourth-order valence-corrected chi connectivity index (χ4v) is 3.72. The van der Waals surface area contributed by atoms with Crippen molar-refractivity contribution >= 4 is 17.5 Å². The summed E-state index contributed by atoms with van der Waals surface area (Å²) in [6.45, 7) is 5.03. The molecule has 7 nitrogen and oxygen atoms in total. The van der Waals surface area contributed by atoms with Crippen LogP contribution in [0.2, 0.25) is 0 Å². The zero-order valence-electron chi connectivity index (χ0n) is 15.1. The van der Waals surface area contributed by atoms with Crippen molar-refractivity contribution in [2.45, 2.75) is 32.6 Å². The number of nitro benzene ring substituents is 1. The number of nitro groups is 1. The fraction of sp³-hybridized carbons (Fsp3) is 0.579. The van der Waals surface area contributed by atoms with Crippen molar-refractivity contribution in [3.63, 3.8) is 0 Å². The van der Waals surface area contributed by atoms with Gasteiger partial charge in [0, 0.05) is 49.8 Å². The minimum absolute atomic E-state index is 0.00400. The normalized spacial score (nSPS) is 19.4. The lowest BCUT2D eigenvalue weighted by molar-refractivity contribution is -0.384. The van der Waals surface area contributed by atoms with E-state index in [0.29, 0.717) is 37.4 Å². The van der Waals surface area contributed by atoms with Crippen molar-refractivity contribution < 1.29 is 14.5 Å². The molecule has 2 heterocycles. The summed E-state index contributed by atoms with van der Waals surface area (Å²) in [6.07, 6.45) is 3.51. The molecule has 1 aromatic rings. The molecule has 0 aliphatic carbocycles. The number of benzene rings is 1. The van der Waals surface area contributed by atoms with Crippen molar-refractivity contribution in [1.82, 2.24) is 9.80 Å². The minimum Gasteiger partial charge on any atom is -0.342 e. The highest BCUT2D eigenvalue weighted by molar-refractivity contribution is 5.94. The first-order valence-corrected chi connectivity index (χ1v) is 9.28. The molecule has 0 spiro atoms. The maximum Gasteiger partial charge on any atom is 0.269 e. The summed E-state index contributed by atoms with van der Waals surface area (Å²) >= 11 is 0. The Morgan fingerprint density at radius 2 is 1.50 bits per heavy atom. The van der Waals surface area contributed by atoms with Crippen LogP contribution in [0.1, 0.15) is 43.0 Å². The molecule has 2 aliphatic heterocycles. The van der Waals surface area contributed by atoms with Crippen LogP contribution in [0, 0.1) is 22.0 Å². The Morgan fingerprint density at radius 1 is 0.962 bits per heavy atom. The highest BCUT2D eigenvalue weighted by Gasteiger charge is 2.31. The van der Waals surface area contributed by atoms with Crippen molar-refractivity contribution in [1.29, 1.82) is 0 Å². The lowest BCUT2D eigenvalue weighted by Gasteiger charge is -2.36. The molecular weight excluding hydrogens is 334 g/mol. The van der Waals surface area contributed by atoms with Gasteiger partial charge in [-0.15, -0.1) is 0 Å². The molecule has 7 heteroatoms. The second-order valence-corrected chi connectivity index (χ2v) is 7.38. The van der Waals surface area contributed by atoms with E-state index in [0.717, 1.165) is 25.9 Å². The number of carbonyl (C=O) groups is 2. The van der Waals surface area contributed by atoms with Crippen LogP contribution in [0.25, 0.3) is 0 Å². The quantitative estimate of drug-likeness (QED) is 0.613. The zero-order valence-corrected chi connectivity index (χ0v) is 15.1. The van der Waals surface area contributed by atoms with E-state index in [1.54, 1.807) is 4.90 Å². The number of hydrogen-bond donors (Lipinski definition) is 0. The van der Waals surface area contributed by atoms with E-state index in [9.17, 15) is 19.7 Å². The van der Waals surface area contributed by atoms with E-state index in [2.05, 4.69) is 6.92 Å². The highest BCUT2D eigenvalue weighted by atomic mass is 16.6. The fourth-order valence-electron chi connectivity index (χ4n) is 3.72. The maximum atomic E-state index is 12.7. The highest BCUT2D eigenvalue weighted by Crippen LogP contribution is 2.24. The smallest absolute Gasteiger partial charge is 0.269 e. The van der Waals surface area contributed by atoms with Gasteiger partial charge in [0.25, 0.3) is 11.6 Å². The third-order valence-electron chi connectivity index (χ3n) is 5.55. The number of amides is 2. The summed E-state index contributed by atoms with van der Waals surface area (Å²) in [5.41, 5.74) is 0.423. The summed E-state index contributed by atoms with van der Waals surface area (Å²) in [7, 11) is 0. The van der Waals surface area contributed by atoms with Gasteiger partial charge in [0.2, 0.25) is 5.91 Å². The van der Waals surface area contributed by atoms with Crippen LogP contribution in [0.15, 0.2) is 24.3 Å². The number of non-ortho nitro benzene ring substituents is 1. The molecule has 0 atom stereocenters. The average molecular weight is 359 g/mol. The summed E-state index contributed by atoms with van der Waals surface area (Å²) in [5, 5.41) is 10.7. The molecule has 0 aromatic heterocycles. The Balaban J connectivity index is 1.53.